The molecular formula is C72H119NO10. The van der Waals surface area contributed by atoms with E-state index in [1.54, 1.807) is 6.08 Å². The van der Waals surface area contributed by atoms with Crippen LogP contribution in [0.4, 0.5) is 0 Å². The van der Waals surface area contributed by atoms with Gasteiger partial charge in [-0.1, -0.05) is 276 Å². The summed E-state index contributed by atoms with van der Waals surface area (Å²) in [5.41, 5.74) is 0. The van der Waals surface area contributed by atoms with Crippen LogP contribution in [-0.4, -0.2) is 99.6 Å². The number of unbranched alkanes of at least 4 members (excludes halogenated alkanes) is 23. The second-order valence-corrected chi connectivity index (χ2v) is 22.2. The highest BCUT2D eigenvalue weighted by Crippen LogP contribution is 2.26. The molecule has 8 atom stereocenters. The maximum atomic E-state index is 13.5. The van der Waals surface area contributed by atoms with Gasteiger partial charge in [0.1, 0.15) is 24.4 Å². The average Bonchev–Trinajstić information content (AvgIpc) is 3.55. The number of amides is 1. The second-order valence-electron chi connectivity index (χ2n) is 22.2. The Balaban J connectivity index is 2.65. The highest BCUT2D eigenvalue weighted by atomic mass is 16.7. The lowest BCUT2D eigenvalue weighted by atomic mass is 9.99. The Labute approximate surface area is 505 Å². The topological polar surface area (TPSA) is 175 Å². The Morgan fingerprint density at radius 2 is 0.928 bits per heavy atom. The van der Waals surface area contributed by atoms with Gasteiger partial charge in [-0.15, -0.1) is 0 Å². The lowest BCUT2D eigenvalue weighted by Crippen LogP contribution is -2.61. The number of hydrogen-bond acceptors (Lipinski definition) is 10. The third kappa shape index (κ3) is 45.8. The average molecular weight is 1160 g/mol. The lowest BCUT2D eigenvalue weighted by Gasteiger charge is -2.41. The number of allylic oxidation sites excluding steroid dienone is 21. The summed E-state index contributed by atoms with van der Waals surface area (Å²) in [5.74, 6) is -1.24. The first-order chi connectivity index (χ1) is 40.7. The summed E-state index contributed by atoms with van der Waals surface area (Å²) in [4.78, 5) is 26.6. The van der Waals surface area contributed by atoms with E-state index < -0.39 is 67.4 Å². The minimum absolute atomic E-state index is 0.0893. The molecule has 1 saturated heterocycles. The molecule has 0 aliphatic carbocycles. The standard InChI is InChI=1S/C72H119NO10/c1-4-7-10-13-16-19-22-25-27-28-29-30-31-32-33-34-35-36-37-39-41-44-47-50-53-56-59-65(76)71(80)73-63(64(75)58-55-52-49-46-43-40-24-21-18-15-12-9-6-3)62-81-72-70(69(79)68(78)66(61-74)82-72)83-67(77)60-57-54-51-48-45-42-38-26-23-20-17-14-11-8-5-2/h7-8,10-11,14,16-17,19-20,23,25-27,29-30,32-33,35-36,38,55,58,63-66,68-70,72,74-76,78-79H,4-6,9,12-13,15,18,21-22,24,28,31,34,37,39-54,56-57,59-62H2,1-3H3,(H,73,80)/b10-7-,11-8+,17-14+,19-16-,23-20+,27-25-,30-29-,33-32-,36-35-,38-26-,58-55+. The van der Waals surface area contributed by atoms with Gasteiger partial charge in [0.2, 0.25) is 5.91 Å². The van der Waals surface area contributed by atoms with Crippen LogP contribution < -0.4 is 5.32 Å². The summed E-state index contributed by atoms with van der Waals surface area (Å²) >= 11 is 0. The van der Waals surface area contributed by atoms with Crippen LogP contribution in [0.15, 0.2) is 134 Å². The molecular weight excluding hydrogens is 1040 g/mol. The van der Waals surface area contributed by atoms with E-state index in [4.69, 9.17) is 14.2 Å². The van der Waals surface area contributed by atoms with Crippen LogP contribution in [0.1, 0.15) is 245 Å². The number of aliphatic hydroxyl groups is 5. The first-order valence-electron chi connectivity index (χ1n) is 33.0. The number of carbonyl (C=O) groups excluding carboxylic acids is 2. The maximum absolute atomic E-state index is 13.5. The number of rotatable bonds is 54. The first-order valence-corrected chi connectivity index (χ1v) is 33.0. The minimum Gasteiger partial charge on any atom is -0.454 e. The van der Waals surface area contributed by atoms with Crippen molar-refractivity contribution in [1.29, 1.82) is 0 Å². The molecule has 0 bridgehead atoms. The zero-order valence-corrected chi connectivity index (χ0v) is 52.3. The predicted molar refractivity (Wildman–Crippen MR) is 347 cm³/mol. The third-order valence-corrected chi connectivity index (χ3v) is 14.6. The molecule has 1 heterocycles. The van der Waals surface area contributed by atoms with Crippen molar-refractivity contribution in [2.24, 2.45) is 0 Å². The Bertz CT molecular complexity index is 1860. The van der Waals surface area contributed by atoms with E-state index in [2.05, 4.69) is 111 Å². The van der Waals surface area contributed by atoms with E-state index in [1.165, 1.54) is 57.8 Å². The van der Waals surface area contributed by atoms with Crippen LogP contribution in [-0.2, 0) is 23.8 Å². The van der Waals surface area contributed by atoms with E-state index in [0.717, 1.165) is 141 Å². The van der Waals surface area contributed by atoms with E-state index in [0.29, 0.717) is 12.8 Å². The van der Waals surface area contributed by atoms with Gasteiger partial charge in [0, 0.05) is 6.42 Å². The van der Waals surface area contributed by atoms with Crippen molar-refractivity contribution < 1.29 is 49.3 Å². The molecule has 6 N–H and O–H groups in total. The van der Waals surface area contributed by atoms with Crippen LogP contribution in [0.25, 0.3) is 0 Å². The Kier molecular flexibility index (Phi) is 53.9. The fraction of sp³-hybridized carbons (Fsp3) is 0.667. The molecule has 1 aliphatic rings. The van der Waals surface area contributed by atoms with Gasteiger partial charge < -0.3 is 45.1 Å². The highest BCUT2D eigenvalue weighted by Gasteiger charge is 2.47. The van der Waals surface area contributed by atoms with Gasteiger partial charge >= 0.3 is 5.97 Å². The number of ether oxygens (including phenoxy) is 3. The number of carbonyl (C=O) groups is 2. The number of hydrogen-bond donors (Lipinski definition) is 6. The molecule has 1 rings (SSSR count). The molecule has 472 valence electrons. The molecule has 0 aromatic rings. The van der Waals surface area contributed by atoms with Gasteiger partial charge in [0.15, 0.2) is 12.4 Å². The predicted octanol–water partition coefficient (Wildman–Crippen LogP) is 16.4. The Morgan fingerprint density at radius 3 is 1.45 bits per heavy atom. The molecule has 1 amide bonds. The first kappa shape index (κ1) is 76.8. The Hall–Kier alpha value is -4.20. The molecule has 83 heavy (non-hydrogen) atoms. The molecule has 0 spiro atoms. The zero-order chi connectivity index (χ0) is 60.3. The van der Waals surface area contributed by atoms with Crippen molar-refractivity contribution in [3.8, 4) is 0 Å². The van der Waals surface area contributed by atoms with Crippen molar-refractivity contribution in [1.82, 2.24) is 5.32 Å². The molecule has 0 saturated carbocycles. The van der Waals surface area contributed by atoms with Crippen LogP contribution >= 0.6 is 0 Å². The van der Waals surface area contributed by atoms with Crippen molar-refractivity contribution in [2.75, 3.05) is 13.2 Å². The monoisotopic (exact) mass is 1160 g/mol. The number of aliphatic hydroxyl groups excluding tert-OH is 5. The van der Waals surface area contributed by atoms with E-state index in [-0.39, 0.29) is 19.4 Å². The summed E-state index contributed by atoms with van der Waals surface area (Å²) < 4.78 is 17.6. The van der Waals surface area contributed by atoms with Crippen LogP contribution in [0, 0.1) is 0 Å². The van der Waals surface area contributed by atoms with Crippen molar-refractivity contribution >= 4 is 11.9 Å². The highest BCUT2D eigenvalue weighted by molar-refractivity contribution is 5.80. The van der Waals surface area contributed by atoms with Crippen molar-refractivity contribution in [3.63, 3.8) is 0 Å². The zero-order valence-electron chi connectivity index (χ0n) is 52.3. The quantitative estimate of drug-likeness (QED) is 0.0149. The van der Waals surface area contributed by atoms with Crippen LogP contribution in [0.3, 0.4) is 0 Å². The Morgan fingerprint density at radius 1 is 0.494 bits per heavy atom. The van der Waals surface area contributed by atoms with Gasteiger partial charge in [-0.3, -0.25) is 9.59 Å². The molecule has 0 radical (unpaired) electrons. The van der Waals surface area contributed by atoms with Crippen molar-refractivity contribution in [2.45, 2.75) is 294 Å². The normalized spacial score (nSPS) is 19.4. The van der Waals surface area contributed by atoms with Gasteiger partial charge in [-0.05, 0) is 96.3 Å². The molecule has 0 aromatic heterocycles. The second kappa shape index (κ2) is 58.2. The summed E-state index contributed by atoms with van der Waals surface area (Å²) in [5, 5.41) is 57.1. The molecule has 11 heteroatoms. The summed E-state index contributed by atoms with van der Waals surface area (Å²) in [7, 11) is 0. The molecule has 8 unspecified atom stereocenters. The maximum Gasteiger partial charge on any atom is 0.306 e. The van der Waals surface area contributed by atoms with Gasteiger partial charge in [0.25, 0.3) is 0 Å². The smallest absolute Gasteiger partial charge is 0.306 e. The van der Waals surface area contributed by atoms with Crippen LogP contribution in [0.5, 0.6) is 0 Å². The van der Waals surface area contributed by atoms with Crippen LogP contribution in [0.2, 0.25) is 0 Å². The SMILES string of the molecule is CC/C=C\C/C=C\C/C=C\C/C=C\C/C=C\C/C=C\CCCCCCCCCC(O)C(=O)NC(COC1OC(CO)C(O)C(O)C1OC(=O)CCCCCCC\C=C/C=C/C=C/C=C/CC)C(O)/C=C/CCCCCCCCCCCCC. The van der Waals surface area contributed by atoms with Gasteiger partial charge in [0.05, 0.1) is 25.4 Å². The molecule has 1 aliphatic heterocycles. The van der Waals surface area contributed by atoms with Gasteiger partial charge in [-0.25, -0.2) is 0 Å². The molecule has 0 aromatic carbocycles. The third-order valence-electron chi connectivity index (χ3n) is 14.6. The number of nitrogens with one attached hydrogen (secondary N) is 1. The minimum atomic E-state index is -1.63. The fourth-order valence-electron chi connectivity index (χ4n) is 9.49. The summed E-state index contributed by atoms with van der Waals surface area (Å²) in [6.07, 6.45) is 72.0. The van der Waals surface area contributed by atoms with Gasteiger partial charge in [-0.2, -0.15) is 0 Å². The number of esters is 1. The largest absolute Gasteiger partial charge is 0.454 e. The summed E-state index contributed by atoms with van der Waals surface area (Å²) in [6.45, 7) is 5.51. The van der Waals surface area contributed by atoms with E-state index in [9.17, 15) is 35.1 Å². The molecule has 11 nitrogen and oxygen atoms in total. The van der Waals surface area contributed by atoms with E-state index in [1.807, 2.05) is 42.5 Å². The van der Waals surface area contributed by atoms with E-state index >= 15 is 0 Å². The summed E-state index contributed by atoms with van der Waals surface area (Å²) in [6, 6.07) is -1.04. The molecule has 1 fully saturated rings. The fourth-order valence-corrected chi connectivity index (χ4v) is 9.49. The lowest BCUT2D eigenvalue weighted by molar-refractivity contribution is -0.305. The van der Waals surface area contributed by atoms with Crippen molar-refractivity contribution in [3.05, 3.63) is 134 Å².